The minimum atomic E-state index is -0.391. The Morgan fingerprint density at radius 1 is 1.19 bits per heavy atom. The third-order valence-electron chi connectivity index (χ3n) is 3.53. The van der Waals surface area contributed by atoms with E-state index in [0.717, 1.165) is 0 Å². The first-order valence-corrected chi connectivity index (χ1v) is 8.13. The van der Waals surface area contributed by atoms with Gasteiger partial charge in [-0.15, -0.1) is 0 Å². The topological polar surface area (TPSA) is 70.7 Å². The summed E-state index contributed by atoms with van der Waals surface area (Å²) in [5, 5.41) is 6.05. The number of rotatable bonds is 7. The number of nitrogens with zero attached hydrogens (tertiary/aromatic N) is 1. The van der Waals surface area contributed by atoms with Crippen LogP contribution in [0.1, 0.15) is 0 Å². The highest BCUT2D eigenvalue weighted by molar-refractivity contribution is 6.30. The zero-order valence-electron chi connectivity index (χ0n) is 14.4. The summed E-state index contributed by atoms with van der Waals surface area (Å²) in [6.07, 6.45) is 0. The molecule has 0 radical (unpaired) electrons. The molecule has 2 amide bonds. The standard InChI is InChI=1S/C18H19ClFN3O3/c1-23(11-17(24)22-14-6-4-13(20)5-7-14)18(25)10-21-15-9-12(19)3-8-16(15)26-2/h3-9,21H,10-11H2,1-2H3,(H,22,24). The SMILES string of the molecule is COc1ccc(Cl)cc1NCC(=O)N(C)CC(=O)Nc1ccc(F)cc1. The number of hydrogen-bond acceptors (Lipinski definition) is 4. The fraction of sp³-hybridized carbons (Fsp3) is 0.222. The van der Waals surface area contributed by atoms with Crippen LogP contribution in [0.2, 0.25) is 5.02 Å². The smallest absolute Gasteiger partial charge is 0.243 e. The quantitative estimate of drug-likeness (QED) is 0.775. The van der Waals surface area contributed by atoms with Crippen LogP contribution in [0.5, 0.6) is 5.75 Å². The highest BCUT2D eigenvalue weighted by Gasteiger charge is 2.14. The van der Waals surface area contributed by atoms with E-state index in [4.69, 9.17) is 16.3 Å². The molecule has 26 heavy (non-hydrogen) atoms. The molecule has 2 rings (SSSR count). The molecule has 0 heterocycles. The van der Waals surface area contributed by atoms with Crippen molar-refractivity contribution >= 4 is 34.8 Å². The maximum Gasteiger partial charge on any atom is 0.243 e. The van der Waals surface area contributed by atoms with Crippen LogP contribution in [0, 0.1) is 5.82 Å². The van der Waals surface area contributed by atoms with Crippen molar-refractivity contribution in [2.75, 3.05) is 37.9 Å². The predicted octanol–water partition coefficient (Wildman–Crippen LogP) is 3.00. The second-order valence-electron chi connectivity index (χ2n) is 5.50. The molecular weight excluding hydrogens is 361 g/mol. The van der Waals surface area contributed by atoms with Crippen molar-refractivity contribution < 1.29 is 18.7 Å². The zero-order chi connectivity index (χ0) is 19.1. The third-order valence-corrected chi connectivity index (χ3v) is 3.76. The van der Waals surface area contributed by atoms with Gasteiger partial charge in [-0.1, -0.05) is 11.6 Å². The molecule has 8 heteroatoms. The number of anilines is 2. The third kappa shape index (κ3) is 5.63. The Kier molecular flexibility index (Phi) is 6.80. The summed E-state index contributed by atoms with van der Waals surface area (Å²) in [7, 11) is 3.03. The van der Waals surface area contributed by atoms with Crippen molar-refractivity contribution in [1.29, 1.82) is 0 Å². The summed E-state index contributed by atoms with van der Waals surface area (Å²) in [5.74, 6) is -0.509. The highest BCUT2D eigenvalue weighted by atomic mass is 35.5. The molecule has 0 saturated heterocycles. The Balaban J connectivity index is 1.86. The van der Waals surface area contributed by atoms with Crippen molar-refractivity contribution in [3.05, 3.63) is 53.3 Å². The molecule has 6 nitrogen and oxygen atoms in total. The van der Waals surface area contributed by atoms with Crippen LogP contribution in [0.3, 0.4) is 0 Å². The number of ether oxygens (including phenoxy) is 1. The Morgan fingerprint density at radius 3 is 2.54 bits per heavy atom. The van der Waals surface area contributed by atoms with Crippen LogP contribution in [-0.4, -0.2) is 44.0 Å². The van der Waals surface area contributed by atoms with Gasteiger partial charge in [-0.3, -0.25) is 9.59 Å². The van der Waals surface area contributed by atoms with E-state index in [1.54, 1.807) is 18.2 Å². The summed E-state index contributed by atoms with van der Waals surface area (Å²) in [6.45, 7) is -0.165. The van der Waals surface area contributed by atoms with Gasteiger partial charge in [0.25, 0.3) is 0 Å². The molecule has 0 atom stereocenters. The van der Waals surface area contributed by atoms with Gasteiger partial charge in [0, 0.05) is 17.8 Å². The number of amides is 2. The van der Waals surface area contributed by atoms with Gasteiger partial charge in [-0.25, -0.2) is 4.39 Å². The molecule has 0 aromatic heterocycles. The second-order valence-corrected chi connectivity index (χ2v) is 5.94. The monoisotopic (exact) mass is 379 g/mol. The Morgan fingerprint density at radius 2 is 1.88 bits per heavy atom. The van der Waals surface area contributed by atoms with Gasteiger partial charge in [-0.2, -0.15) is 0 Å². The van der Waals surface area contributed by atoms with Crippen molar-refractivity contribution in [2.24, 2.45) is 0 Å². The number of likely N-dealkylation sites (N-methyl/N-ethyl adjacent to an activating group) is 1. The van der Waals surface area contributed by atoms with E-state index in [2.05, 4.69) is 10.6 Å². The van der Waals surface area contributed by atoms with E-state index < -0.39 is 5.82 Å². The van der Waals surface area contributed by atoms with Crippen molar-refractivity contribution in [2.45, 2.75) is 0 Å². The molecule has 0 unspecified atom stereocenters. The van der Waals surface area contributed by atoms with Crippen LogP contribution < -0.4 is 15.4 Å². The van der Waals surface area contributed by atoms with Crippen molar-refractivity contribution in [3.63, 3.8) is 0 Å². The summed E-state index contributed by atoms with van der Waals surface area (Å²) in [6, 6.07) is 10.4. The van der Waals surface area contributed by atoms with Crippen LogP contribution >= 0.6 is 11.6 Å². The molecule has 0 aliphatic heterocycles. The van der Waals surface area contributed by atoms with Crippen molar-refractivity contribution in [1.82, 2.24) is 4.90 Å². The summed E-state index contributed by atoms with van der Waals surface area (Å²) < 4.78 is 18.0. The molecule has 2 aromatic carbocycles. The number of hydrogen-bond donors (Lipinski definition) is 2. The zero-order valence-corrected chi connectivity index (χ0v) is 15.1. The number of halogens is 2. The maximum atomic E-state index is 12.9. The van der Waals surface area contributed by atoms with Crippen LogP contribution in [0.4, 0.5) is 15.8 Å². The molecule has 0 saturated carbocycles. The fourth-order valence-electron chi connectivity index (χ4n) is 2.16. The average Bonchev–Trinajstić information content (AvgIpc) is 2.61. The van der Waals surface area contributed by atoms with Crippen LogP contribution in [-0.2, 0) is 9.59 Å². The first kappa shape index (κ1) is 19.5. The van der Waals surface area contributed by atoms with Crippen LogP contribution in [0.25, 0.3) is 0 Å². The first-order chi connectivity index (χ1) is 12.4. The molecule has 2 aromatic rings. The lowest BCUT2D eigenvalue weighted by Gasteiger charge is -2.18. The highest BCUT2D eigenvalue weighted by Crippen LogP contribution is 2.27. The molecule has 0 aliphatic carbocycles. The van der Waals surface area contributed by atoms with Crippen molar-refractivity contribution in [3.8, 4) is 5.75 Å². The second kappa shape index (κ2) is 9.05. The van der Waals surface area contributed by atoms with E-state index >= 15 is 0 Å². The van der Waals surface area contributed by atoms with Gasteiger partial charge in [-0.05, 0) is 42.5 Å². The molecule has 0 fully saturated rings. The van der Waals surface area contributed by atoms with E-state index in [9.17, 15) is 14.0 Å². The molecule has 2 N–H and O–H groups in total. The van der Waals surface area contributed by atoms with Gasteiger partial charge in [0.05, 0.1) is 25.9 Å². The van der Waals surface area contributed by atoms with Gasteiger partial charge >= 0.3 is 0 Å². The van der Waals surface area contributed by atoms with E-state index in [0.29, 0.717) is 22.1 Å². The maximum absolute atomic E-state index is 12.9. The largest absolute Gasteiger partial charge is 0.495 e. The minimum Gasteiger partial charge on any atom is -0.495 e. The first-order valence-electron chi connectivity index (χ1n) is 7.76. The molecule has 0 aliphatic rings. The number of methoxy groups -OCH3 is 1. The number of carbonyl (C=O) groups excluding carboxylic acids is 2. The van der Waals surface area contributed by atoms with Gasteiger partial charge in [0.1, 0.15) is 11.6 Å². The summed E-state index contributed by atoms with van der Waals surface area (Å²) in [5.41, 5.74) is 1.04. The van der Waals surface area contributed by atoms with Gasteiger partial charge in [0.2, 0.25) is 11.8 Å². The Bertz CT molecular complexity index is 784. The summed E-state index contributed by atoms with van der Waals surface area (Å²) >= 11 is 5.94. The van der Waals surface area contributed by atoms with Gasteiger partial charge in [0.15, 0.2) is 0 Å². The molecule has 0 bridgehead atoms. The lowest BCUT2D eigenvalue weighted by atomic mass is 10.3. The van der Waals surface area contributed by atoms with Crippen LogP contribution in [0.15, 0.2) is 42.5 Å². The lowest BCUT2D eigenvalue weighted by molar-refractivity contribution is -0.131. The van der Waals surface area contributed by atoms with E-state index in [1.165, 1.54) is 43.3 Å². The van der Waals surface area contributed by atoms with E-state index in [1.807, 2.05) is 0 Å². The lowest BCUT2D eigenvalue weighted by Crippen LogP contribution is -2.38. The molecule has 138 valence electrons. The number of carbonyl (C=O) groups is 2. The molecule has 0 spiro atoms. The average molecular weight is 380 g/mol. The number of benzene rings is 2. The summed E-state index contributed by atoms with van der Waals surface area (Å²) in [4.78, 5) is 25.4. The Labute approximate surface area is 155 Å². The fourth-order valence-corrected chi connectivity index (χ4v) is 2.33. The predicted molar refractivity (Wildman–Crippen MR) is 99.2 cm³/mol. The normalized spacial score (nSPS) is 10.2. The molecular formula is C18H19ClFN3O3. The minimum absolute atomic E-state index is 0.0307. The Hall–Kier alpha value is -2.80. The van der Waals surface area contributed by atoms with E-state index in [-0.39, 0.29) is 24.9 Å². The van der Waals surface area contributed by atoms with Gasteiger partial charge < -0.3 is 20.3 Å². The number of nitrogens with one attached hydrogen (secondary N) is 2.